The molecule has 1 saturated heterocycles. The summed E-state index contributed by atoms with van der Waals surface area (Å²) < 4.78 is 23.7. The Labute approximate surface area is 196 Å². The van der Waals surface area contributed by atoms with E-state index in [0.29, 0.717) is 67.6 Å². The van der Waals surface area contributed by atoms with E-state index in [4.69, 9.17) is 9.26 Å². The van der Waals surface area contributed by atoms with Gasteiger partial charge in [0.2, 0.25) is 17.6 Å². The van der Waals surface area contributed by atoms with E-state index in [9.17, 15) is 14.0 Å². The number of ether oxygens (including phenoxy) is 1. The number of aryl methyl sites for hydroxylation is 2. The summed E-state index contributed by atoms with van der Waals surface area (Å²) in [5.41, 5.74) is 1.58. The Balaban J connectivity index is 1.26. The molecule has 0 unspecified atom stereocenters. The SMILES string of the molecule is CCOC(=O)c1ccc(N2CCN(C(=O)CCc3nc(-c4ccc(F)c(C)c4)no3)CC2)nc1. The van der Waals surface area contributed by atoms with Gasteiger partial charge in [-0.2, -0.15) is 4.98 Å². The molecule has 0 atom stereocenters. The second kappa shape index (κ2) is 10.4. The summed E-state index contributed by atoms with van der Waals surface area (Å²) in [5.74, 6) is 0.841. The first-order chi connectivity index (χ1) is 16.4. The Hall–Kier alpha value is -3.82. The zero-order valence-electron chi connectivity index (χ0n) is 19.2. The van der Waals surface area contributed by atoms with Crippen LogP contribution in [0.2, 0.25) is 0 Å². The fourth-order valence-electron chi connectivity index (χ4n) is 3.72. The van der Waals surface area contributed by atoms with Gasteiger partial charge in [-0.05, 0) is 49.7 Å². The van der Waals surface area contributed by atoms with E-state index in [1.54, 1.807) is 38.1 Å². The number of amides is 1. The number of esters is 1. The van der Waals surface area contributed by atoms with Gasteiger partial charge < -0.3 is 19.1 Å². The lowest BCUT2D eigenvalue weighted by atomic mass is 10.1. The van der Waals surface area contributed by atoms with Gasteiger partial charge in [0.15, 0.2) is 0 Å². The molecule has 0 bridgehead atoms. The van der Waals surface area contributed by atoms with Gasteiger partial charge in [0.25, 0.3) is 0 Å². The average Bonchev–Trinajstić information content (AvgIpc) is 3.34. The number of aromatic nitrogens is 3. The number of nitrogens with zero attached hydrogens (tertiary/aromatic N) is 5. The van der Waals surface area contributed by atoms with Crippen molar-refractivity contribution in [1.82, 2.24) is 20.0 Å². The minimum atomic E-state index is -0.391. The van der Waals surface area contributed by atoms with E-state index >= 15 is 0 Å². The molecular weight excluding hydrogens is 441 g/mol. The lowest BCUT2D eigenvalue weighted by molar-refractivity contribution is -0.131. The molecule has 2 aromatic heterocycles. The van der Waals surface area contributed by atoms with Gasteiger partial charge in [-0.25, -0.2) is 14.2 Å². The van der Waals surface area contributed by atoms with Crippen LogP contribution in [-0.4, -0.2) is 64.7 Å². The zero-order valence-corrected chi connectivity index (χ0v) is 19.2. The molecule has 10 heteroatoms. The lowest BCUT2D eigenvalue weighted by Gasteiger charge is -2.35. The van der Waals surface area contributed by atoms with Gasteiger partial charge in [0.1, 0.15) is 11.6 Å². The summed E-state index contributed by atoms with van der Waals surface area (Å²) in [6.07, 6.45) is 2.11. The van der Waals surface area contributed by atoms with Gasteiger partial charge in [0.05, 0.1) is 12.2 Å². The number of hydrogen-bond donors (Lipinski definition) is 0. The highest BCUT2D eigenvalue weighted by Gasteiger charge is 2.23. The number of carbonyl (C=O) groups excluding carboxylic acids is 2. The molecule has 0 spiro atoms. The molecule has 1 fully saturated rings. The fraction of sp³-hybridized carbons (Fsp3) is 0.375. The van der Waals surface area contributed by atoms with Gasteiger partial charge in [-0.3, -0.25) is 4.79 Å². The van der Waals surface area contributed by atoms with Crippen molar-refractivity contribution in [2.45, 2.75) is 26.7 Å². The smallest absolute Gasteiger partial charge is 0.339 e. The topological polar surface area (TPSA) is 102 Å². The lowest BCUT2D eigenvalue weighted by Crippen LogP contribution is -2.49. The number of anilines is 1. The van der Waals surface area contributed by atoms with Crippen LogP contribution in [0.15, 0.2) is 41.1 Å². The van der Waals surface area contributed by atoms with Crippen molar-refractivity contribution in [3.63, 3.8) is 0 Å². The zero-order chi connectivity index (χ0) is 24.1. The molecule has 1 amide bonds. The van der Waals surface area contributed by atoms with Crippen LogP contribution in [0, 0.1) is 12.7 Å². The Morgan fingerprint density at radius 3 is 2.62 bits per heavy atom. The van der Waals surface area contributed by atoms with E-state index < -0.39 is 5.97 Å². The van der Waals surface area contributed by atoms with Crippen molar-refractivity contribution in [3.8, 4) is 11.4 Å². The molecule has 1 aliphatic rings. The predicted octanol–water partition coefficient (Wildman–Crippen LogP) is 3.04. The number of halogens is 1. The highest BCUT2D eigenvalue weighted by molar-refractivity contribution is 5.89. The van der Waals surface area contributed by atoms with Crippen molar-refractivity contribution in [2.75, 3.05) is 37.7 Å². The fourth-order valence-corrected chi connectivity index (χ4v) is 3.72. The van der Waals surface area contributed by atoms with E-state index in [-0.39, 0.29) is 18.1 Å². The standard InChI is InChI=1S/C24H26FN5O4/c1-3-33-24(32)18-5-7-20(26-15-18)29-10-12-30(13-11-29)22(31)9-8-21-27-23(28-34-21)17-4-6-19(25)16(2)14-17/h4-7,14-15H,3,8-13H2,1-2H3. The molecule has 1 aromatic carbocycles. The van der Waals surface area contributed by atoms with Crippen LogP contribution in [0.25, 0.3) is 11.4 Å². The second-order valence-corrected chi connectivity index (χ2v) is 7.97. The number of rotatable bonds is 7. The minimum Gasteiger partial charge on any atom is -0.462 e. The van der Waals surface area contributed by atoms with Crippen LogP contribution in [-0.2, 0) is 16.0 Å². The van der Waals surface area contributed by atoms with Crippen LogP contribution in [0.3, 0.4) is 0 Å². The first-order valence-electron chi connectivity index (χ1n) is 11.2. The Morgan fingerprint density at radius 2 is 1.94 bits per heavy atom. The number of benzene rings is 1. The summed E-state index contributed by atoms with van der Waals surface area (Å²) in [6, 6.07) is 8.12. The quantitative estimate of drug-likeness (QED) is 0.489. The maximum absolute atomic E-state index is 13.5. The van der Waals surface area contributed by atoms with Gasteiger partial charge in [0, 0.05) is 50.8 Å². The van der Waals surface area contributed by atoms with Crippen LogP contribution < -0.4 is 4.90 Å². The summed E-state index contributed by atoms with van der Waals surface area (Å²) in [7, 11) is 0. The Kier molecular flexibility index (Phi) is 7.15. The molecular formula is C24H26FN5O4. The number of pyridine rings is 1. The summed E-state index contributed by atoms with van der Waals surface area (Å²) >= 11 is 0. The van der Waals surface area contributed by atoms with Gasteiger partial charge in [-0.15, -0.1) is 0 Å². The molecule has 1 aliphatic heterocycles. The van der Waals surface area contributed by atoms with Gasteiger partial charge in [-0.1, -0.05) is 5.16 Å². The molecule has 34 heavy (non-hydrogen) atoms. The molecule has 0 radical (unpaired) electrons. The average molecular weight is 468 g/mol. The van der Waals surface area contributed by atoms with Crippen molar-refractivity contribution in [3.05, 3.63) is 59.4 Å². The Morgan fingerprint density at radius 1 is 1.15 bits per heavy atom. The third-order valence-electron chi connectivity index (χ3n) is 5.65. The monoisotopic (exact) mass is 467 g/mol. The number of carbonyl (C=O) groups is 2. The highest BCUT2D eigenvalue weighted by Crippen LogP contribution is 2.20. The first-order valence-corrected chi connectivity index (χ1v) is 11.2. The maximum Gasteiger partial charge on any atom is 0.339 e. The van der Waals surface area contributed by atoms with Crippen molar-refractivity contribution in [1.29, 1.82) is 0 Å². The molecule has 178 valence electrons. The largest absolute Gasteiger partial charge is 0.462 e. The molecule has 0 N–H and O–H groups in total. The van der Waals surface area contributed by atoms with Crippen molar-refractivity contribution < 1.29 is 23.2 Å². The van der Waals surface area contributed by atoms with Crippen LogP contribution in [0.4, 0.5) is 10.2 Å². The third-order valence-corrected chi connectivity index (χ3v) is 5.65. The minimum absolute atomic E-state index is 0.0163. The van der Waals surface area contributed by atoms with Crippen LogP contribution in [0.1, 0.15) is 35.2 Å². The summed E-state index contributed by atoms with van der Waals surface area (Å²) in [6.45, 7) is 6.19. The number of piperazine rings is 1. The number of hydrogen-bond acceptors (Lipinski definition) is 8. The van der Waals surface area contributed by atoms with E-state index in [2.05, 4.69) is 20.0 Å². The predicted molar refractivity (Wildman–Crippen MR) is 122 cm³/mol. The molecule has 3 heterocycles. The third kappa shape index (κ3) is 5.38. The molecule has 0 saturated carbocycles. The van der Waals surface area contributed by atoms with Crippen LogP contribution in [0.5, 0.6) is 0 Å². The molecule has 4 rings (SSSR count). The molecule has 9 nitrogen and oxygen atoms in total. The molecule has 3 aromatic rings. The molecule has 0 aliphatic carbocycles. The van der Waals surface area contributed by atoms with E-state index in [0.717, 1.165) is 5.82 Å². The first kappa shape index (κ1) is 23.3. The summed E-state index contributed by atoms with van der Waals surface area (Å²) in [5, 5.41) is 3.94. The van der Waals surface area contributed by atoms with Crippen molar-refractivity contribution >= 4 is 17.7 Å². The second-order valence-electron chi connectivity index (χ2n) is 7.97. The van der Waals surface area contributed by atoms with E-state index in [1.807, 2.05) is 4.90 Å². The Bertz CT molecular complexity index is 1160. The van der Waals surface area contributed by atoms with Crippen LogP contribution >= 0.6 is 0 Å². The highest BCUT2D eigenvalue weighted by atomic mass is 19.1. The van der Waals surface area contributed by atoms with Gasteiger partial charge >= 0.3 is 5.97 Å². The normalized spacial score (nSPS) is 13.7. The summed E-state index contributed by atoms with van der Waals surface area (Å²) in [4.78, 5) is 37.0. The maximum atomic E-state index is 13.5. The van der Waals surface area contributed by atoms with Crippen molar-refractivity contribution in [2.24, 2.45) is 0 Å². The van der Waals surface area contributed by atoms with E-state index in [1.165, 1.54) is 12.3 Å².